The molecule has 0 spiro atoms. The second kappa shape index (κ2) is 4.60. The summed E-state index contributed by atoms with van der Waals surface area (Å²) in [6.07, 6.45) is 3.26. The maximum absolute atomic E-state index is 4.00. The lowest BCUT2D eigenvalue weighted by Gasteiger charge is -1.86. The third kappa shape index (κ3) is 4.29. The van der Waals surface area contributed by atoms with Crippen molar-refractivity contribution in [1.82, 2.24) is 0 Å². The number of hydrogen-bond donors (Lipinski definition) is 1. The van der Waals surface area contributed by atoms with E-state index in [1.807, 2.05) is 0 Å². The van der Waals surface area contributed by atoms with Gasteiger partial charge in [-0.2, -0.15) is 0 Å². The van der Waals surface area contributed by atoms with E-state index in [-0.39, 0.29) is 0 Å². The van der Waals surface area contributed by atoms with Gasteiger partial charge < -0.3 is 0 Å². The molecular formula is C5H10S2. The molecular weight excluding hydrogens is 124 g/mol. The van der Waals surface area contributed by atoms with Crippen molar-refractivity contribution >= 4 is 22.5 Å². The Morgan fingerprint density at radius 2 is 2.43 bits per heavy atom. The average molecular weight is 134 g/mol. The van der Waals surface area contributed by atoms with Crippen LogP contribution in [0, 0.1) is 0 Å². The molecule has 0 N–H and O–H groups in total. The van der Waals surface area contributed by atoms with Crippen molar-refractivity contribution in [3.05, 3.63) is 11.0 Å². The smallest absolute Gasteiger partial charge is 0.0115 e. The van der Waals surface area contributed by atoms with Crippen molar-refractivity contribution in [2.75, 3.05) is 0 Å². The van der Waals surface area contributed by atoms with E-state index < -0.39 is 0 Å². The molecule has 0 aromatic rings. The molecule has 0 saturated carbocycles. The Bertz CT molecular complexity index is 66.5. The molecule has 7 heavy (non-hydrogen) atoms. The summed E-state index contributed by atoms with van der Waals surface area (Å²) in [6.45, 7) is 4.18. The van der Waals surface area contributed by atoms with Gasteiger partial charge in [-0.15, -0.1) is 11.7 Å². The second-order valence-corrected chi connectivity index (χ2v) is 2.69. The number of hydrogen-bond acceptors (Lipinski definition) is 2. The van der Waals surface area contributed by atoms with Crippen LogP contribution in [-0.4, -0.2) is 0 Å². The molecule has 0 aliphatic carbocycles. The van der Waals surface area contributed by atoms with Gasteiger partial charge in [0.1, 0.15) is 0 Å². The van der Waals surface area contributed by atoms with Crippen molar-refractivity contribution in [1.29, 1.82) is 0 Å². The summed E-state index contributed by atoms with van der Waals surface area (Å²) in [5.41, 5.74) is 0. The fourth-order valence-corrected chi connectivity index (χ4v) is 0.790. The van der Waals surface area contributed by atoms with Crippen molar-refractivity contribution < 1.29 is 0 Å². The van der Waals surface area contributed by atoms with E-state index in [1.54, 1.807) is 0 Å². The van der Waals surface area contributed by atoms with E-state index in [2.05, 4.69) is 31.6 Å². The molecule has 0 saturated heterocycles. The van der Waals surface area contributed by atoms with Gasteiger partial charge in [0.15, 0.2) is 0 Å². The Labute approximate surface area is 54.2 Å². The van der Waals surface area contributed by atoms with Crippen LogP contribution in [0.1, 0.15) is 20.3 Å². The van der Waals surface area contributed by atoms with Crippen LogP contribution in [-0.2, 0) is 0 Å². The standard InChI is InChI=1S/C5H10S2/c1-3-4-5(2)7-6/h4,6H,3H2,1-2H3. The van der Waals surface area contributed by atoms with Crippen molar-refractivity contribution in [3.8, 4) is 0 Å². The van der Waals surface area contributed by atoms with Crippen molar-refractivity contribution in [2.45, 2.75) is 20.3 Å². The molecule has 0 heterocycles. The van der Waals surface area contributed by atoms with Crippen LogP contribution >= 0.6 is 22.5 Å². The lowest BCUT2D eigenvalue weighted by molar-refractivity contribution is 1.21. The van der Waals surface area contributed by atoms with Gasteiger partial charge >= 0.3 is 0 Å². The molecule has 0 fully saturated rings. The largest absolute Gasteiger partial charge is 0.106 e. The Morgan fingerprint density at radius 3 is 2.57 bits per heavy atom. The zero-order chi connectivity index (χ0) is 5.70. The molecule has 0 amide bonds. The van der Waals surface area contributed by atoms with Crippen LogP contribution in [0.4, 0.5) is 0 Å². The average Bonchev–Trinajstić information content (AvgIpc) is 1.68. The monoisotopic (exact) mass is 134 g/mol. The van der Waals surface area contributed by atoms with Crippen LogP contribution in [0.3, 0.4) is 0 Å². The molecule has 2 heteroatoms. The quantitative estimate of drug-likeness (QED) is 0.447. The zero-order valence-electron chi connectivity index (χ0n) is 4.64. The molecule has 0 unspecified atom stereocenters. The highest BCUT2D eigenvalue weighted by molar-refractivity contribution is 8.70. The molecule has 0 aliphatic heterocycles. The normalized spacial score (nSPS) is 12.1. The summed E-state index contributed by atoms with van der Waals surface area (Å²) in [5, 5.41) is 0. The highest BCUT2D eigenvalue weighted by Crippen LogP contribution is 2.17. The van der Waals surface area contributed by atoms with E-state index in [9.17, 15) is 0 Å². The highest BCUT2D eigenvalue weighted by atomic mass is 33.1. The fraction of sp³-hybridized carbons (Fsp3) is 0.600. The summed E-state index contributed by atoms with van der Waals surface area (Å²) in [7, 11) is 1.50. The number of rotatable bonds is 2. The van der Waals surface area contributed by atoms with Gasteiger partial charge in [0.25, 0.3) is 0 Å². The first-order valence-corrected chi connectivity index (χ1v) is 4.16. The molecule has 0 nitrogen and oxygen atoms in total. The van der Waals surface area contributed by atoms with Crippen LogP contribution < -0.4 is 0 Å². The summed E-state index contributed by atoms with van der Waals surface area (Å²) in [4.78, 5) is 1.28. The second-order valence-electron chi connectivity index (χ2n) is 1.31. The predicted molar refractivity (Wildman–Crippen MR) is 40.6 cm³/mol. The molecule has 0 bridgehead atoms. The van der Waals surface area contributed by atoms with Gasteiger partial charge in [0, 0.05) is 0 Å². The van der Waals surface area contributed by atoms with E-state index in [1.165, 1.54) is 15.7 Å². The Kier molecular flexibility index (Phi) is 4.88. The van der Waals surface area contributed by atoms with E-state index >= 15 is 0 Å². The lowest BCUT2D eigenvalue weighted by Crippen LogP contribution is -1.57. The molecule has 0 aromatic carbocycles. The summed E-state index contributed by atoms with van der Waals surface area (Å²) < 4.78 is 0. The summed E-state index contributed by atoms with van der Waals surface area (Å²) in [6, 6.07) is 0. The Balaban J connectivity index is 3.29. The van der Waals surface area contributed by atoms with E-state index in [4.69, 9.17) is 0 Å². The molecule has 0 aromatic heterocycles. The topological polar surface area (TPSA) is 0 Å². The lowest BCUT2D eigenvalue weighted by atomic mass is 10.4. The molecule has 0 aliphatic rings. The Hall–Kier alpha value is 0.440. The van der Waals surface area contributed by atoms with E-state index in [0.717, 1.165) is 6.42 Å². The molecule has 42 valence electrons. The van der Waals surface area contributed by atoms with Gasteiger partial charge in [-0.1, -0.05) is 23.8 Å². The van der Waals surface area contributed by atoms with Crippen LogP contribution in [0.2, 0.25) is 0 Å². The molecule has 0 atom stereocenters. The first kappa shape index (κ1) is 7.44. The van der Waals surface area contributed by atoms with Gasteiger partial charge in [-0.05, 0) is 18.2 Å². The molecule has 0 radical (unpaired) electrons. The maximum atomic E-state index is 4.00. The minimum Gasteiger partial charge on any atom is -0.106 e. The zero-order valence-corrected chi connectivity index (χ0v) is 6.35. The van der Waals surface area contributed by atoms with Crippen LogP contribution in [0.5, 0.6) is 0 Å². The van der Waals surface area contributed by atoms with Gasteiger partial charge in [-0.25, -0.2) is 0 Å². The number of allylic oxidation sites excluding steroid dienone is 2. The predicted octanol–water partition coefficient (Wildman–Crippen LogP) is 2.88. The van der Waals surface area contributed by atoms with E-state index in [0.29, 0.717) is 0 Å². The molecule has 0 rings (SSSR count). The Morgan fingerprint density at radius 1 is 1.86 bits per heavy atom. The first-order valence-electron chi connectivity index (χ1n) is 2.29. The first-order chi connectivity index (χ1) is 3.31. The summed E-state index contributed by atoms with van der Waals surface area (Å²) in [5.74, 6) is 0. The maximum Gasteiger partial charge on any atom is -0.0115 e. The van der Waals surface area contributed by atoms with Crippen molar-refractivity contribution in [3.63, 3.8) is 0 Å². The van der Waals surface area contributed by atoms with Crippen LogP contribution in [0.25, 0.3) is 0 Å². The minimum atomic E-state index is 1.11. The van der Waals surface area contributed by atoms with Crippen LogP contribution in [0.15, 0.2) is 11.0 Å². The highest BCUT2D eigenvalue weighted by Gasteiger charge is 1.78. The minimum absolute atomic E-state index is 1.11. The summed E-state index contributed by atoms with van der Waals surface area (Å²) >= 11 is 4.00. The van der Waals surface area contributed by atoms with Gasteiger partial charge in [0.05, 0.1) is 0 Å². The third-order valence-corrected chi connectivity index (χ3v) is 1.95. The van der Waals surface area contributed by atoms with Crippen molar-refractivity contribution in [2.24, 2.45) is 0 Å². The van der Waals surface area contributed by atoms with Gasteiger partial charge in [0.2, 0.25) is 0 Å². The SMILES string of the molecule is CCC=C(C)SS. The van der Waals surface area contributed by atoms with Gasteiger partial charge in [-0.3, -0.25) is 0 Å². The third-order valence-electron chi connectivity index (χ3n) is 0.636. The number of thiol groups is 1. The fourth-order valence-electron chi connectivity index (χ4n) is 0.325.